The van der Waals surface area contributed by atoms with E-state index in [1.807, 2.05) is 33.8 Å². The van der Waals surface area contributed by atoms with Crippen molar-refractivity contribution in [3.05, 3.63) is 35.3 Å². The summed E-state index contributed by atoms with van der Waals surface area (Å²) in [4.78, 5) is 0. The molecule has 5 heteroatoms. The molecule has 1 aromatic carbocycles. The average Bonchev–Trinajstić information content (AvgIpc) is 2.62. The highest BCUT2D eigenvalue weighted by Crippen LogP contribution is 2.31. The highest BCUT2D eigenvalue weighted by molar-refractivity contribution is 5.72. The molecule has 4 nitrogen and oxygen atoms in total. The van der Waals surface area contributed by atoms with E-state index in [9.17, 15) is 4.39 Å². The smallest absolute Gasteiger partial charge is 0.152 e. The lowest BCUT2D eigenvalue weighted by Crippen LogP contribution is -2.09. The van der Waals surface area contributed by atoms with Crippen LogP contribution >= 0.6 is 0 Å². The second-order valence-corrected chi connectivity index (χ2v) is 4.94. The molecule has 0 unspecified atom stereocenters. The van der Waals surface area contributed by atoms with Crippen LogP contribution in [0.1, 0.15) is 31.1 Å². The van der Waals surface area contributed by atoms with Crippen LogP contribution in [0.15, 0.2) is 18.2 Å². The fourth-order valence-electron chi connectivity index (χ4n) is 1.97. The quantitative estimate of drug-likeness (QED) is 0.889. The minimum atomic E-state index is -0.298. The maximum absolute atomic E-state index is 13.9. The van der Waals surface area contributed by atoms with Gasteiger partial charge < -0.3 is 11.1 Å². The Hall–Kier alpha value is -2.04. The van der Waals surface area contributed by atoms with Crippen molar-refractivity contribution >= 4 is 17.2 Å². The van der Waals surface area contributed by atoms with Crippen LogP contribution in [0, 0.1) is 19.7 Å². The number of hydrogen-bond acceptors (Lipinski definition) is 3. The van der Waals surface area contributed by atoms with E-state index in [0.29, 0.717) is 17.2 Å². The first-order chi connectivity index (χ1) is 8.91. The number of para-hydroxylation sites is 1. The molecule has 2 aromatic rings. The van der Waals surface area contributed by atoms with Crippen molar-refractivity contribution in [2.75, 3.05) is 11.1 Å². The summed E-state index contributed by atoms with van der Waals surface area (Å²) < 4.78 is 15.6. The fourth-order valence-corrected chi connectivity index (χ4v) is 1.97. The summed E-state index contributed by atoms with van der Waals surface area (Å²) in [5.41, 5.74) is 8.58. The summed E-state index contributed by atoms with van der Waals surface area (Å²) in [6, 6.07) is 5.11. The third-order valence-electron chi connectivity index (χ3n) is 3.09. The van der Waals surface area contributed by atoms with Crippen LogP contribution in [0.3, 0.4) is 0 Å². The lowest BCUT2D eigenvalue weighted by molar-refractivity contribution is 0.535. The number of benzene rings is 1. The molecule has 0 aliphatic heterocycles. The van der Waals surface area contributed by atoms with Gasteiger partial charge >= 0.3 is 0 Å². The maximum Gasteiger partial charge on any atom is 0.152 e. The Morgan fingerprint density at radius 1 is 1.32 bits per heavy atom. The molecular weight excluding hydrogens is 243 g/mol. The van der Waals surface area contributed by atoms with E-state index in [1.54, 1.807) is 10.7 Å². The molecule has 0 fully saturated rings. The SMILES string of the molecule is Cc1cccc(F)c1Nc1c(N)c(C)nn1C(C)C. The van der Waals surface area contributed by atoms with E-state index >= 15 is 0 Å². The third-order valence-corrected chi connectivity index (χ3v) is 3.09. The number of halogens is 1. The minimum Gasteiger partial charge on any atom is -0.394 e. The topological polar surface area (TPSA) is 55.9 Å². The van der Waals surface area contributed by atoms with Gasteiger partial charge in [0, 0.05) is 6.04 Å². The van der Waals surface area contributed by atoms with Gasteiger partial charge in [-0.25, -0.2) is 9.07 Å². The molecule has 1 aromatic heterocycles. The Balaban J connectivity index is 2.49. The molecule has 102 valence electrons. The minimum absolute atomic E-state index is 0.144. The summed E-state index contributed by atoms with van der Waals surface area (Å²) in [6.45, 7) is 7.70. The Kier molecular flexibility index (Phi) is 3.46. The molecule has 0 saturated carbocycles. The fraction of sp³-hybridized carbons (Fsp3) is 0.357. The number of anilines is 3. The van der Waals surface area contributed by atoms with Gasteiger partial charge in [-0.3, -0.25) is 0 Å². The van der Waals surface area contributed by atoms with Gasteiger partial charge in [-0.05, 0) is 39.3 Å². The highest BCUT2D eigenvalue weighted by atomic mass is 19.1. The van der Waals surface area contributed by atoms with Crippen LogP contribution in [0.4, 0.5) is 21.6 Å². The van der Waals surface area contributed by atoms with Crippen LogP contribution in [0.25, 0.3) is 0 Å². The number of nitrogens with one attached hydrogen (secondary N) is 1. The predicted molar refractivity (Wildman–Crippen MR) is 76.2 cm³/mol. The first kappa shape index (κ1) is 13.4. The van der Waals surface area contributed by atoms with Crippen molar-refractivity contribution in [1.29, 1.82) is 0 Å². The molecule has 0 bridgehead atoms. The van der Waals surface area contributed by atoms with E-state index < -0.39 is 0 Å². The van der Waals surface area contributed by atoms with Gasteiger partial charge in [-0.2, -0.15) is 5.10 Å². The molecule has 0 aliphatic carbocycles. The van der Waals surface area contributed by atoms with E-state index in [2.05, 4.69) is 10.4 Å². The van der Waals surface area contributed by atoms with Gasteiger partial charge in [0.25, 0.3) is 0 Å². The average molecular weight is 262 g/mol. The Labute approximate surface area is 112 Å². The number of aromatic nitrogens is 2. The lowest BCUT2D eigenvalue weighted by Gasteiger charge is -2.15. The molecule has 0 amide bonds. The van der Waals surface area contributed by atoms with E-state index in [4.69, 9.17) is 5.73 Å². The molecule has 0 spiro atoms. The number of nitrogens with two attached hydrogens (primary N) is 1. The second kappa shape index (κ2) is 4.91. The summed E-state index contributed by atoms with van der Waals surface area (Å²) in [5.74, 6) is 0.342. The summed E-state index contributed by atoms with van der Waals surface area (Å²) in [6.07, 6.45) is 0. The molecule has 2 rings (SSSR count). The zero-order chi connectivity index (χ0) is 14.2. The van der Waals surface area contributed by atoms with Crippen LogP contribution in [0.2, 0.25) is 0 Å². The normalized spacial score (nSPS) is 11.1. The number of hydrogen-bond donors (Lipinski definition) is 2. The first-order valence-electron chi connectivity index (χ1n) is 6.28. The van der Waals surface area contributed by atoms with Gasteiger partial charge in [0.15, 0.2) is 5.82 Å². The van der Waals surface area contributed by atoms with Crippen molar-refractivity contribution in [1.82, 2.24) is 9.78 Å². The van der Waals surface area contributed by atoms with Gasteiger partial charge in [-0.1, -0.05) is 12.1 Å². The second-order valence-electron chi connectivity index (χ2n) is 4.94. The highest BCUT2D eigenvalue weighted by Gasteiger charge is 2.16. The van der Waals surface area contributed by atoms with Crippen LogP contribution < -0.4 is 11.1 Å². The Morgan fingerprint density at radius 3 is 2.58 bits per heavy atom. The Morgan fingerprint density at radius 2 is 2.00 bits per heavy atom. The largest absolute Gasteiger partial charge is 0.394 e. The zero-order valence-electron chi connectivity index (χ0n) is 11.7. The lowest BCUT2D eigenvalue weighted by atomic mass is 10.2. The van der Waals surface area contributed by atoms with E-state index in [-0.39, 0.29) is 11.9 Å². The number of aryl methyl sites for hydroxylation is 2. The van der Waals surface area contributed by atoms with Crippen LogP contribution in [0.5, 0.6) is 0 Å². The van der Waals surface area contributed by atoms with Crippen molar-refractivity contribution in [3.8, 4) is 0 Å². The summed E-state index contributed by atoms with van der Waals surface area (Å²) >= 11 is 0. The van der Waals surface area contributed by atoms with Crippen molar-refractivity contribution < 1.29 is 4.39 Å². The maximum atomic E-state index is 13.9. The number of rotatable bonds is 3. The summed E-state index contributed by atoms with van der Waals surface area (Å²) in [7, 11) is 0. The molecule has 19 heavy (non-hydrogen) atoms. The number of nitrogen functional groups attached to an aromatic ring is 1. The first-order valence-corrected chi connectivity index (χ1v) is 6.28. The molecule has 0 atom stereocenters. The molecule has 0 saturated heterocycles. The third kappa shape index (κ3) is 2.41. The number of nitrogens with zero attached hydrogens (tertiary/aromatic N) is 2. The van der Waals surface area contributed by atoms with Gasteiger partial charge in [0.05, 0.1) is 17.1 Å². The van der Waals surface area contributed by atoms with Gasteiger partial charge in [-0.15, -0.1) is 0 Å². The standard InChI is InChI=1S/C14H19FN4/c1-8(2)19-14(12(16)10(4)18-19)17-13-9(3)6-5-7-11(13)15/h5-8,17H,16H2,1-4H3. The van der Waals surface area contributed by atoms with Crippen molar-refractivity contribution in [2.24, 2.45) is 0 Å². The van der Waals surface area contributed by atoms with Crippen molar-refractivity contribution in [3.63, 3.8) is 0 Å². The Bertz CT molecular complexity index is 581. The van der Waals surface area contributed by atoms with Gasteiger partial charge in [0.1, 0.15) is 5.82 Å². The summed E-state index contributed by atoms with van der Waals surface area (Å²) in [5, 5.41) is 7.45. The zero-order valence-corrected chi connectivity index (χ0v) is 11.7. The molecule has 3 N–H and O–H groups in total. The molecule has 1 heterocycles. The molecular formula is C14H19FN4. The predicted octanol–water partition coefficient (Wildman–Crippen LogP) is 3.55. The molecule has 0 radical (unpaired) electrons. The van der Waals surface area contributed by atoms with Crippen LogP contribution in [-0.4, -0.2) is 9.78 Å². The van der Waals surface area contributed by atoms with Gasteiger partial charge in [0.2, 0.25) is 0 Å². The molecule has 0 aliphatic rings. The van der Waals surface area contributed by atoms with Crippen LogP contribution in [-0.2, 0) is 0 Å². The monoisotopic (exact) mass is 262 g/mol. The van der Waals surface area contributed by atoms with E-state index in [1.165, 1.54) is 6.07 Å². The van der Waals surface area contributed by atoms with E-state index in [0.717, 1.165) is 11.3 Å². The van der Waals surface area contributed by atoms with Crippen molar-refractivity contribution in [2.45, 2.75) is 33.7 Å².